The molecule has 3 heteroatoms. The summed E-state index contributed by atoms with van der Waals surface area (Å²) in [6.07, 6.45) is 0. The first kappa shape index (κ1) is 14.0. The number of methoxy groups -OCH3 is 1. The van der Waals surface area contributed by atoms with Crippen LogP contribution in [-0.4, -0.2) is 7.11 Å². The number of thiophene rings is 1. The Labute approximate surface area is 129 Å². The average molecular weight is 297 g/mol. The van der Waals surface area contributed by atoms with E-state index in [-0.39, 0.29) is 6.04 Å². The summed E-state index contributed by atoms with van der Waals surface area (Å²) in [6, 6.07) is 17.2. The van der Waals surface area contributed by atoms with E-state index in [1.807, 2.05) is 17.4 Å². The van der Waals surface area contributed by atoms with Crippen LogP contribution in [0.1, 0.15) is 23.4 Å². The number of anilines is 1. The fourth-order valence-corrected chi connectivity index (χ4v) is 3.51. The lowest BCUT2D eigenvalue weighted by atomic mass is 10.1. The summed E-state index contributed by atoms with van der Waals surface area (Å²) < 4.78 is 6.59. The molecule has 2 nitrogen and oxygen atoms in total. The molecular formula is C18H19NOS. The zero-order valence-corrected chi connectivity index (χ0v) is 13.3. The Balaban J connectivity index is 1.84. The van der Waals surface area contributed by atoms with Gasteiger partial charge in [-0.25, -0.2) is 0 Å². The quantitative estimate of drug-likeness (QED) is 0.697. The van der Waals surface area contributed by atoms with Gasteiger partial charge in [0.15, 0.2) is 0 Å². The van der Waals surface area contributed by atoms with Gasteiger partial charge in [0.05, 0.1) is 13.2 Å². The predicted molar refractivity (Wildman–Crippen MR) is 91.6 cm³/mol. The van der Waals surface area contributed by atoms with Gasteiger partial charge < -0.3 is 10.1 Å². The van der Waals surface area contributed by atoms with Gasteiger partial charge in [0.25, 0.3) is 0 Å². The molecular weight excluding hydrogens is 278 g/mol. The number of nitrogens with one attached hydrogen (secondary N) is 1. The zero-order valence-electron chi connectivity index (χ0n) is 12.5. The van der Waals surface area contributed by atoms with Gasteiger partial charge in [-0.15, -0.1) is 11.3 Å². The largest absolute Gasteiger partial charge is 0.497 e. The van der Waals surface area contributed by atoms with Crippen LogP contribution in [0.4, 0.5) is 5.69 Å². The molecule has 21 heavy (non-hydrogen) atoms. The first-order valence-electron chi connectivity index (χ1n) is 7.07. The summed E-state index contributed by atoms with van der Waals surface area (Å²) in [5.74, 6) is 0.896. The molecule has 0 fully saturated rings. The highest BCUT2D eigenvalue weighted by molar-refractivity contribution is 7.19. The molecule has 3 aromatic rings. The van der Waals surface area contributed by atoms with E-state index in [0.29, 0.717) is 0 Å². The first-order valence-corrected chi connectivity index (χ1v) is 7.88. The van der Waals surface area contributed by atoms with E-state index in [4.69, 9.17) is 4.74 Å². The van der Waals surface area contributed by atoms with Crippen LogP contribution in [0.15, 0.2) is 48.5 Å². The van der Waals surface area contributed by atoms with Crippen molar-refractivity contribution < 1.29 is 4.74 Å². The minimum Gasteiger partial charge on any atom is -0.497 e. The van der Waals surface area contributed by atoms with Crippen molar-refractivity contribution in [3.63, 3.8) is 0 Å². The summed E-state index contributed by atoms with van der Waals surface area (Å²) in [4.78, 5) is 1.35. The Kier molecular flexibility index (Phi) is 3.84. The van der Waals surface area contributed by atoms with Gasteiger partial charge >= 0.3 is 0 Å². The van der Waals surface area contributed by atoms with E-state index in [2.05, 4.69) is 61.6 Å². The molecule has 1 aromatic heterocycles. The van der Waals surface area contributed by atoms with Crippen LogP contribution in [0.5, 0.6) is 5.75 Å². The van der Waals surface area contributed by atoms with Gasteiger partial charge in [0.1, 0.15) is 5.75 Å². The topological polar surface area (TPSA) is 21.3 Å². The first-order chi connectivity index (χ1) is 10.2. The molecule has 1 unspecified atom stereocenters. The van der Waals surface area contributed by atoms with Crippen molar-refractivity contribution in [1.29, 1.82) is 0 Å². The molecule has 3 rings (SSSR count). The number of hydrogen-bond donors (Lipinski definition) is 1. The lowest BCUT2D eigenvalue weighted by molar-refractivity contribution is 0.414. The predicted octanol–water partition coefficient (Wildman–Crippen LogP) is 5.39. The second kappa shape index (κ2) is 5.78. The van der Waals surface area contributed by atoms with Crippen molar-refractivity contribution >= 4 is 27.1 Å². The summed E-state index contributed by atoms with van der Waals surface area (Å²) >= 11 is 1.85. The van der Waals surface area contributed by atoms with E-state index in [9.17, 15) is 0 Å². The molecule has 0 saturated carbocycles. The molecule has 0 aliphatic carbocycles. The Bertz CT molecular complexity index is 730. The third-order valence-corrected chi connectivity index (χ3v) is 4.98. The standard InChI is InChI=1S/C18H19NOS/c1-12-10-15(20-3)8-9-16(12)19-13(2)18-11-14-6-4-5-7-17(14)21-18/h4-11,13,19H,1-3H3. The highest BCUT2D eigenvalue weighted by Gasteiger charge is 2.10. The molecule has 0 spiro atoms. The third kappa shape index (κ3) is 2.88. The molecule has 0 bridgehead atoms. The molecule has 1 heterocycles. The molecule has 0 amide bonds. The van der Waals surface area contributed by atoms with Crippen molar-refractivity contribution in [2.24, 2.45) is 0 Å². The van der Waals surface area contributed by atoms with Gasteiger partial charge in [0.2, 0.25) is 0 Å². The van der Waals surface area contributed by atoms with E-state index < -0.39 is 0 Å². The van der Waals surface area contributed by atoms with E-state index in [0.717, 1.165) is 11.4 Å². The zero-order chi connectivity index (χ0) is 14.8. The van der Waals surface area contributed by atoms with Crippen LogP contribution in [-0.2, 0) is 0 Å². The van der Waals surface area contributed by atoms with Crippen molar-refractivity contribution in [2.45, 2.75) is 19.9 Å². The molecule has 0 aliphatic heterocycles. The monoisotopic (exact) mass is 297 g/mol. The minimum atomic E-state index is 0.287. The fraction of sp³-hybridized carbons (Fsp3) is 0.222. The van der Waals surface area contributed by atoms with Crippen LogP contribution in [0.3, 0.4) is 0 Å². The van der Waals surface area contributed by atoms with Gasteiger partial charge in [0, 0.05) is 15.3 Å². The lowest BCUT2D eigenvalue weighted by Crippen LogP contribution is -2.06. The fourth-order valence-electron chi connectivity index (χ4n) is 2.45. The third-order valence-electron chi connectivity index (χ3n) is 3.68. The number of fused-ring (bicyclic) bond motifs is 1. The average Bonchev–Trinajstić information content (AvgIpc) is 2.93. The van der Waals surface area contributed by atoms with Crippen molar-refractivity contribution in [2.75, 3.05) is 12.4 Å². The Morgan fingerprint density at radius 3 is 2.62 bits per heavy atom. The maximum Gasteiger partial charge on any atom is 0.119 e. The van der Waals surface area contributed by atoms with E-state index >= 15 is 0 Å². The maximum absolute atomic E-state index is 5.25. The van der Waals surface area contributed by atoms with Gasteiger partial charge in [-0.3, -0.25) is 0 Å². The minimum absolute atomic E-state index is 0.287. The Hall–Kier alpha value is -2.00. The van der Waals surface area contributed by atoms with Gasteiger partial charge in [-0.2, -0.15) is 0 Å². The summed E-state index contributed by atoms with van der Waals surface area (Å²) in [6.45, 7) is 4.30. The van der Waals surface area contributed by atoms with Crippen molar-refractivity contribution in [1.82, 2.24) is 0 Å². The van der Waals surface area contributed by atoms with Crippen molar-refractivity contribution in [3.8, 4) is 5.75 Å². The molecule has 1 N–H and O–H groups in total. The van der Waals surface area contributed by atoms with Crippen molar-refractivity contribution in [3.05, 3.63) is 59.0 Å². The molecule has 108 valence electrons. The van der Waals surface area contributed by atoms with Crippen LogP contribution in [0.25, 0.3) is 10.1 Å². The van der Waals surface area contributed by atoms with E-state index in [1.54, 1.807) is 7.11 Å². The normalized spacial score (nSPS) is 12.3. The molecule has 0 saturated heterocycles. The molecule has 2 aromatic carbocycles. The smallest absolute Gasteiger partial charge is 0.119 e. The second-order valence-electron chi connectivity index (χ2n) is 5.23. The van der Waals surface area contributed by atoms with Crippen LogP contribution >= 0.6 is 11.3 Å². The molecule has 0 aliphatic rings. The van der Waals surface area contributed by atoms with Crippen LogP contribution < -0.4 is 10.1 Å². The maximum atomic E-state index is 5.25. The Morgan fingerprint density at radius 2 is 1.90 bits per heavy atom. The second-order valence-corrected chi connectivity index (χ2v) is 6.35. The van der Waals surface area contributed by atoms with Crippen LogP contribution in [0, 0.1) is 6.92 Å². The summed E-state index contributed by atoms with van der Waals surface area (Å²) in [5, 5.41) is 4.91. The summed E-state index contributed by atoms with van der Waals surface area (Å²) in [5.41, 5.74) is 2.35. The highest BCUT2D eigenvalue weighted by Crippen LogP contribution is 2.32. The SMILES string of the molecule is COc1ccc(NC(C)c2cc3ccccc3s2)c(C)c1. The van der Waals surface area contributed by atoms with Crippen LogP contribution in [0.2, 0.25) is 0 Å². The van der Waals surface area contributed by atoms with Gasteiger partial charge in [-0.1, -0.05) is 18.2 Å². The number of aryl methyl sites for hydroxylation is 1. The number of hydrogen-bond acceptors (Lipinski definition) is 3. The highest BCUT2D eigenvalue weighted by atomic mass is 32.1. The Morgan fingerprint density at radius 1 is 1.10 bits per heavy atom. The van der Waals surface area contributed by atoms with Gasteiger partial charge in [-0.05, 0) is 55.1 Å². The lowest BCUT2D eigenvalue weighted by Gasteiger charge is -2.16. The number of benzene rings is 2. The number of rotatable bonds is 4. The summed E-state index contributed by atoms with van der Waals surface area (Å²) in [7, 11) is 1.70. The molecule has 1 atom stereocenters. The molecule has 0 radical (unpaired) electrons. The van der Waals surface area contributed by atoms with E-state index in [1.165, 1.54) is 20.5 Å². The number of ether oxygens (including phenoxy) is 1.